The summed E-state index contributed by atoms with van der Waals surface area (Å²) in [6.07, 6.45) is 1.98. The van der Waals surface area contributed by atoms with Crippen LogP contribution >= 0.6 is 11.3 Å². The van der Waals surface area contributed by atoms with Gasteiger partial charge < -0.3 is 18.8 Å². The summed E-state index contributed by atoms with van der Waals surface area (Å²) in [5, 5.41) is 0. The standard InChI is InChI=1S/C23H26N2O5S/c1-4-6-12-30-17-9-7-8-16(13-17)22(27)24-23-25(15-21(26)28-3)19-11-10-18(29-5-2)14-20(19)31-23/h7-11,13-14H,4-6,12,15H2,1-3H3. The van der Waals surface area contributed by atoms with Gasteiger partial charge in [0.1, 0.15) is 18.0 Å². The Hall–Kier alpha value is -3.13. The molecule has 1 amide bonds. The van der Waals surface area contributed by atoms with E-state index >= 15 is 0 Å². The Bertz CT molecular complexity index is 1130. The van der Waals surface area contributed by atoms with Crippen LogP contribution in [0, 0.1) is 0 Å². The van der Waals surface area contributed by atoms with Crippen molar-refractivity contribution in [2.24, 2.45) is 4.99 Å². The van der Waals surface area contributed by atoms with Crippen molar-refractivity contribution in [1.82, 2.24) is 4.57 Å². The van der Waals surface area contributed by atoms with Crippen molar-refractivity contribution < 1.29 is 23.8 Å². The zero-order valence-electron chi connectivity index (χ0n) is 17.9. The van der Waals surface area contributed by atoms with Gasteiger partial charge in [-0.05, 0) is 49.7 Å². The SMILES string of the molecule is CCCCOc1cccc(C(=O)N=c2sc3cc(OCC)ccc3n2CC(=O)OC)c1. The third kappa shape index (κ3) is 5.73. The van der Waals surface area contributed by atoms with E-state index in [9.17, 15) is 9.59 Å². The van der Waals surface area contributed by atoms with Gasteiger partial charge in [0, 0.05) is 5.56 Å². The molecule has 8 heteroatoms. The Balaban J connectivity index is 1.99. The minimum Gasteiger partial charge on any atom is -0.494 e. The van der Waals surface area contributed by atoms with Crippen LogP contribution in [0.1, 0.15) is 37.0 Å². The number of amides is 1. The third-order valence-corrected chi connectivity index (χ3v) is 5.57. The molecule has 1 heterocycles. The Labute approximate surface area is 184 Å². The molecule has 0 saturated carbocycles. The molecule has 0 aliphatic rings. The van der Waals surface area contributed by atoms with Gasteiger partial charge in [0.2, 0.25) is 0 Å². The molecule has 0 unspecified atom stereocenters. The molecule has 2 aromatic carbocycles. The van der Waals surface area contributed by atoms with E-state index in [4.69, 9.17) is 14.2 Å². The Morgan fingerprint density at radius 2 is 1.87 bits per heavy atom. The maximum Gasteiger partial charge on any atom is 0.325 e. The molecule has 0 radical (unpaired) electrons. The number of fused-ring (bicyclic) bond motifs is 1. The molecular weight excluding hydrogens is 416 g/mol. The van der Waals surface area contributed by atoms with Gasteiger partial charge in [0.25, 0.3) is 5.91 Å². The first-order chi connectivity index (χ1) is 15.0. The van der Waals surface area contributed by atoms with E-state index in [1.54, 1.807) is 22.8 Å². The number of hydrogen-bond acceptors (Lipinski definition) is 6. The topological polar surface area (TPSA) is 79.1 Å². The van der Waals surface area contributed by atoms with E-state index in [-0.39, 0.29) is 6.54 Å². The molecular formula is C23H26N2O5S. The lowest BCUT2D eigenvalue weighted by Crippen LogP contribution is -2.22. The predicted molar refractivity (Wildman–Crippen MR) is 120 cm³/mol. The van der Waals surface area contributed by atoms with Crippen molar-refractivity contribution in [2.75, 3.05) is 20.3 Å². The van der Waals surface area contributed by atoms with Crippen LogP contribution in [0.5, 0.6) is 11.5 Å². The van der Waals surface area contributed by atoms with Crippen molar-refractivity contribution in [1.29, 1.82) is 0 Å². The Morgan fingerprint density at radius 1 is 1.06 bits per heavy atom. The van der Waals surface area contributed by atoms with Gasteiger partial charge in [-0.25, -0.2) is 0 Å². The van der Waals surface area contributed by atoms with Gasteiger partial charge in [-0.2, -0.15) is 4.99 Å². The molecule has 3 rings (SSSR count). The highest BCUT2D eigenvalue weighted by molar-refractivity contribution is 7.16. The van der Waals surface area contributed by atoms with E-state index in [1.165, 1.54) is 18.4 Å². The first kappa shape index (κ1) is 22.6. The first-order valence-corrected chi connectivity index (χ1v) is 11.0. The van der Waals surface area contributed by atoms with Crippen LogP contribution in [-0.2, 0) is 16.1 Å². The number of rotatable bonds is 9. The van der Waals surface area contributed by atoms with Crippen molar-refractivity contribution >= 4 is 33.4 Å². The Morgan fingerprint density at radius 3 is 2.61 bits per heavy atom. The summed E-state index contributed by atoms with van der Waals surface area (Å²) in [5.74, 6) is 0.524. The molecule has 0 spiro atoms. The number of carbonyl (C=O) groups is 2. The maximum absolute atomic E-state index is 12.9. The second-order valence-corrected chi connectivity index (χ2v) is 7.77. The van der Waals surface area contributed by atoms with Gasteiger partial charge in [-0.15, -0.1) is 0 Å². The van der Waals surface area contributed by atoms with Crippen LogP contribution in [0.3, 0.4) is 0 Å². The summed E-state index contributed by atoms with van der Waals surface area (Å²) in [6.45, 7) is 5.11. The lowest BCUT2D eigenvalue weighted by Gasteiger charge is -2.06. The average molecular weight is 443 g/mol. The van der Waals surface area contributed by atoms with Gasteiger partial charge in [-0.1, -0.05) is 30.7 Å². The molecule has 0 aliphatic heterocycles. The molecule has 0 bridgehead atoms. The summed E-state index contributed by atoms with van der Waals surface area (Å²) in [7, 11) is 1.33. The van der Waals surface area contributed by atoms with Gasteiger partial charge in [0.15, 0.2) is 4.80 Å². The van der Waals surface area contributed by atoms with E-state index < -0.39 is 11.9 Å². The van der Waals surface area contributed by atoms with Crippen LogP contribution < -0.4 is 14.3 Å². The number of unbranched alkanes of at least 4 members (excludes halogenated alkanes) is 1. The largest absolute Gasteiger partial charge is 0.494 e. The highest BCUT2D eigenvalue weighted by Crippen LogP contribution is 2.24. The molecule has 1 aromatic heterocycles. The van der Waals surface area contributed by atoms with E-state index in [1.807, 2.05) is 31.2 Å². The van der Waals surface area contributed by atoms with Gasteiger partial charge in [-0.3, -0.25) is 9.59 Å². The average Bonchev–Trinajstić information content (AvgIpc) is 3.10. The normalized spacial score (nSPS) is 11.5. The molecule has 164 valence electrons. The minimum atomic E-state index is -0.422. The second-order valence-electron chi connectivity index (χ2n) is 6.76. The van der Waals surface area contributed by atoms with E-state index in [2.05, 4.69) is 11.9 Å². The molecule has 0 aliphatic carbocycles. The van der Waals surface area contributed by atoms with Crippen LogP contribution in [0.2, 0.25) is 0 Å². The molecule has 7 nitrogen and oxygen atoms in total. The smallest absolute Gasteiger partial charge is 0.325 e. The van der Waals surface area contributed by atoms with Crippen LogP contribution in [0.15, 0.2) is 47.5 Å². The lowest BCUT2D eigenvalue weighted by atomic mass is 10.2. The summed E-state index contributed by atoms with van der Waals surface area (Å²) in [6, 6.07) is 12.5. The fourth-order valence-electron chi connectivity index (χ4n) is 2.95. The third-order valence-electron chi connectivity index (χ3n) is 4.52. The van der Waals surface area contributed by atoms with E-state index in [0.29, 0.717) is 29.3 Å². The number of ether oxygens (including phenoxy) is 3. The molecule has 0 atom stereocenters. The van der Waals surface area contributed by atoms with E-state index in [0.717, 1.165) is 28.8 Å². The van der Waals surface area contributed by atoms with Crippen LogP contribution in [0.4, 0.5) is 0 Å². The van der Waals surface area contributed by atoms with Crippen molar-refractivity contribution in [3.8, 4) is 11.5 Å². The number of nitrogens with zero attached hydrogens (tertiary/aromatic N) is 2. The number of thiazole rings is 1. The highest BCUT2D eigenvalue weighted by Gasteiger charge is 2.14. The lowest BCUT2D eigenvalue weighted by molar-refractivity contribution is -0.141. The summed E-state index contributed by atoms with van der Waals surface area (Å²) < 4.78 is 18.6. The molecule has 0 N–H and O–H groups in total. The monoisotopic (exact) mass is 442 g/mol. The number of carbonyl (C=O) groups excluding carboxylic acids is 2. The number of aromatic nitrogens is 1. The predicted octanol–water partition coefficient (Wildman–Crippen LogP) is 4.19. The van der Waals surface area contributed by atoms with Crippen LogP contribution in [-0.4, -0.2) is 36.8 Å². The minimum absolute atomic E-state index is 0.0449. The highest BCUT2D eigenvalue weighted by atomic mass is 32.1. The zero-order chi connectivity index (χ0) is 22.2. The summed E-state index contributed by atoms with van der Waals surface area (Å²) in [5.41, 5.74) is 1.20. The Kier molecular flexibility index (Phi) is 7.83. The van der Waals surface area contributed by atoms with Gasteiger partial charge >= 0.3 is 5.97 Å². The molecule has 0 saturated heterocycles. The number of benzene rings is 2. The molecule has 0 fully saturated rings. The second kappa shape index (κ2) is 10.8. The molecule has 3 aromatic rings. The summed E-state index contributed by atoms with van der Waals surface area (Å²) >= 11 is 1.32. The van der Waals surface area contributed by atoms with Crippen molar-refractivity contribution in [3.05, 3.63) is 52.8 Å². The maximum atomic E-state index is 12.9. The first-order valence-electron chi connectivity index (χ1n) is 10.2. The number of esters is 1. The van der Waals surface area contributed by atoms with Gasteiger partial charge in [0.05, 0.1) is 30.5 Å². The zero-order valence-corrected chi connectivity index (χ0v) is 18.7. The fourth-order valence-corrected chi connectivity index (χ4v) is 4.00. The van der Waals surface area contributed by atoms with Crippen molar-refractivity contribution in [3.63, 3.8) is 0 Å². The molecule has 31 heavy (non-hydrogen) atoms. The number of methoxy groups -OCH3 is 1. The van der Waals surface area contributed by atoms with Crippen LogP contribution in [0.25, 0.3) is 10.2 Å². The fraction of sp³-hybridized carbons (Fsp3) is 0.348. The summed E-state index contributed by atoms with van der Waals surface area (Å²) in [4.78, 5) is 29.6. The quantitative estimate of drug-likeness (QED) is 0.367. The van der Waals surface area contributed by atoms with Crippen molar-refractivity contribution in [2.45, 2.75) is 33.2 Å². The number of hydrogen-bond donors (Lipinski definition) is 0.